The van der Waals surface area contributed by atoms with Gasteiger partial charge in [0.15, 0.2) is 0 Å². The largest absolute Gasteiger partial charge is 0.383 e. The van der Waals surface area contributed by atoms with Crippen molar-refractivity contribution in [2.24, 2.45) is 0 Å². The first kappa shape index (κ1) is 23.1. The Kier molecular flexibility index (Phi) is 7.78. The fourth-order valence-corrected chi connectivity index (χ4v) is 6.27. The number of rotatable bonds is 7. The van der Waals surface area contributed by atoms with E-state index in [1.165, 1.54) is 21.0 Å². The Bertz CT molecular complexity index is 884. The number of carbonyl (C=O) groups is 2. The molecule has 0 spiro atoms. The molecule has 2 amide bonds. The van der Waals surface area contributed by atoms with Gasteiger partial charge in [0.1, 0.15) is 6.54 Å². The lowest BCUT2D eigenvalue weighted by Gasteiger charge is -2.27. The average molecular weight is 456 g/mol. The molecule has 8 nitrogen and oxygen atoms in total. The fourth-order valence-electron chi connectivity index (χ4n) is 3.64. The molecule has 10 heteroatoms. The van der Waals surface area contributed by atoms with E-state index in [0.717, 1.165) is 24.2 Å². The van der Waals surface area contributed by atoms with Crippen LogP contribution in [0.3, 0.4) is 0 Å². The summed E-state index contributed by atoms with van der Waals surface area (Å²) in [7, 11) is -2.09. The first-order valence-corrected chi connectivity index (χ1v) is 12.5. The first-order chi connectivity index (χ1) is 14.3. The summed E-state index contributed by atoms with van der Waals surface area (Å²) in [6, 6.07) is 4.90. The highest BCUT2D eigenvalue weighted by Gasteiger charge is 2.31. The molecule has 2 aliphatic heterocycles. The van der Waals surface area contributed by atoms with Crippen molar-refractivity contribution in [2.45, 2.75) is 47.6 Å². The number of benzene rings is 1. The summed E-state index contributed by atoms with van der Waals surface area (Å²) in [5.74, 6) is -0.502. The monoisotopic (exact) mass is 455 g/mol. The van der Waals surface area contributed by atoms with E-state index in [1.54, 1.807) is 25.3 Å². The Hall–Kier alpha value is -1.62. The van der Waals surface area contributed by atoms with E-state index in [2.05, 4.69) is 5.32 Å². The zero-order valence-electron chi connectivity index (χ0n) is 17.4. The molecule has 2 heterocycles. The Morgan fingerprint density at radius 2 is 2.00 bits per heavy atom. The summed E-state index contributed by atoms with van der Waals surface area (Å²) < 4.78 is 32.7. The van der Waals surface area contributed by atoms with E-state index in [9.17, 15) is 18.0 Å². The number of piperidine rings is 1. The van der Waals surface area contributed by atoms with Crippen molar-refractivity contribution in [3.8, 4) is 0 Å². The highest BCUT2D eigenvalue weighted by Crippen LogP contribution is 2.39. The van der Waals surface area contributed by atoms with Gasteiger partial charge in [-0.2, -0.15) is 4.31 Å². The molecule has 3 rings (SSSR count). The molecule has 0 radical (unpaired) electrons. The number of carbonyl (C=O) groups excluding carboxylic acids is 2. The van der Waals surface area contributed by atoms with Gasteiger partial charge in [-0.3, -0.25) is 9.59 Å². The SMILES string of the molecule is COCCNC(=O)CN1C(=O)CC(C)Sc2ccc(S(=O)(=O)N3CCCCC3)cc21. The lowest BCUT2D eigenvalue weighted by atomic mass is 10.2. The standard InChI is InChI=1S/C20H29N3O5S2/c1-15-12-20(25)23(14-19(24)21-8-11-28-2)17-13-16(6-7-18(17)29-15)30(26,27)22-9-4-3-5-10-22/h6-7,13,15H,3-5,8-12,14H2,1-2H3,(H,21,24). The van der Waals surface area contributed by atoms with Crippen LogP contribution in [0.15, 0.2) is 28.0 Å². The highest BCUT2D eigenvalue weighted by atomic mass is 32.2. The molecular formula is C20H29N3O5S2. The van der Waals surface area contributed by atoms with Crippen molar-refractivity contribution in [2.75, 3.05) is 44.8 Å². The minimum atomic E-state index is -3.64. The zero-order chi connectivity index (χ0) is 21.7. The third-order valence-electron chi connectivity index (χ3n) is 5.20. The molecule has 1 aromatic rings. The summed E-state index contributed by atoms with van der Waals surface area (Å²) >= 11 is 1.52. The molecule has 30 heavy (non-hydrogen) atoms. The number of hydrogen-bond donors (Lipinski definition) is 1. The van der Waals surface area contributed by atoms with Crippen molar-refractivity contribution < 1.29 is 22.7 Å². The Morgan fingerprint density at radius 1 is 1.27 bits per heavy atom. The summed E-state index contributed by atoms with van der Waals surface area (Å²) in [6.45, 7) is 3.54. The lowest BCUT2D eigenvalue weighted by molar-refractivity contribution is -0.123. The number of ether oxygens (including phenoxy) is 1. The van der Waals surface area contributed by atoms with E-state index in [-0.39, 0.29) is 34.9 Å². The number of anilines is 1. The predicted molar refractivity (Wildman–Crippen MR) is 116 cm³/mol. The van der Waals surface area contributed by atoms with E-state index < -0.39 is 10.0 Å². The minimum absolute atomic E-state index is 0.0300. The second-order valence-electron chi connectivity index (χ2n) is 7.55. The number of thioether (sulfide) groups is 1. The number of nitrogens with zero attached hydrogens (tertiary/aromatic N) is 2. The molecule has 0 bridgehead atoms. The molecule has 1 N–H and O–H groups in total. The molecule has 1 aromatic carbocycles. The van der Waals surface area contributed by atoms with Crippen LogP contribution < -0.4 is 10.2 Å². The van der Waals surface area contributed by atoms with Crippen molar-refractivity contribution >= 4 is 39.3 Å². The van der Waals surface area contributed by atoms with Gasteiger partial charge in [-0.1, -0.05) is 13.3 Å². The molecule has 1 atom stereocenters. The third kappa shape index (κ3) is 5.35. The van der Waals surface area contributed by atoms with E-state index in [0.29, 0.717) is 31.9 Å². The van der Waals surface area contributed by atoms with Crippen molar-refractivity contribution in [3.05, 3.63) is 18.2 Å². The molecule has 0 aliphatic carbocycles. The Morgan fingerprint density at radius 3 is 2.70 bits per heavy atom. The first-order valence-electron chi connectivity index (χ1n) is 10.2. The van der Waals surface area contributed by atoms with Gasteiger partial charge >= 0.3 is 0 Å². The summed E-state index contributed by atoms with van der Waals surface area (Å²) in [4.78, 5) is 27.6. The number of nitrogens with one attached hydrogen (secondary N) is 1. The molecule has 166 valence electrons. The smallest absolute Gasteiger partial charge is 0.243 e. The van der Waals surface area contributed by atoms with Crippen LogP contribution in [0.1, 0.15) is 32.6 Å². The topological polar surface area (TPSA) is 96.0 Å². The molecule has 0 aromatic heterocycles. The van der Waals surface area contributed by atoms with Crippen molar-refractivity contribution in [1.29, 1.82) is 0 Å². The molecule has 2 aliphatic rings. The average Bonchev–Trinajstić information content (AvgIpc) is 2.84. The van der Waals surface area contributed by atoms with E-state index in [4.69, 9.17) is 4.74 Å². The summed E-state index contributed by atoms with van der Waals surface area (Å²) in [5.41, 5.74) is 0.481. The van der Waals surface area contributed by atoms with Crippen molar-refractivity contribution in [1.82, 2.24) is 9.62 Å². The molecule has 1 unspecified atom stereocenters. The van der Waals surface area contributed by atoms with Gasteiger partial charge in [-0.25, -0.2) is 8.42 Å². The maximum Gasteiger partial charge on any atom is 0.243 e. The zero-order valence-corrected chi connectivity index (χ0v) is 19.1. The summed E-state index contributed by atoms with van der Waals surface area (Å²) in [5, 5.41) is 2.75. The molecular weight excluding hydrogens is 426 g/mol. The fraction of sp³-hybridized carbons (Fsp3) is 0.600. The van der Waals surface area contributed by atoms with Crippen molar-refractivity contribution in [3.63, 3.8) is 0 Å². The normalized spacial score (nSPS) is 20.5. The molecule has 1 saturated heterocycles. The second-order valence-corrected chi connectivity index (χ2v) is 11.0. The predicted octanol–water partition coefficient (Wildman–Crippen LogP) is 1.84. The van der Waals surface area contributed by atoms with Crippen LogP contribution >= 0.6 is 11.8 Å². The van der Waals surface area contributed by atoms with Gasteiger partial charge in [-0.05, 0) is 31.0 Å². The van der Waals surface area contributed by atoms with Gasteiger partial charge in [0.05, 0.1) is 17.2 Å². The van der Waals surface area contributed by atoms with Crippen LogP contribution in [-0.2, 0) is 24.3 Å². The number of methoxy groups -OCH3 is 1. The van der Waals surface area contributed by atoms with Crippen LogP contribution in [-0.4, -0.2) is 69.7 Å². The third-order valence-corrected chi connectivity index (χ3v) is 8.26. The number of amides is 2. The van der Waals surface area contributed by atoms with Crippen LogP contribution in [0.5, 0.6) is 0 Å². The minimum Gasteiger partial charge on any atom is -0.383 e. The van der Waals surface area contributed by atoms with Crippen LogP contribution in [0.4, 0.5) is 5.69 Å². The highest BCUT2D eigenvalue weighted by molar-refractivity contribution is 8.00. The van der Waals surface area contributed by atoms with Crippen LogP contribution in [0, 0.1) is 0 Å². The number of hydrogen-bond acceptors (Lipinski definition) is 6. The van der Waals surface area contributed by atoms with Gasteiger partial charge < -0.3 is 15.0 Å². The Balaban J connectivity index is 1.91. The summed E-state index contributed by atoms with van der Waals surface area (Å²) in [6.07, 6.45) is 3.01. The van der Waals surface area contributed by atoms with Crippen LogP contribution in [0.2, 0.25) is 0 Å². The maximum absolute atomic E-state index is 13.1. The van der Waals surface area contributed by atoms with E-state index in [1.807, 2.05) is 6.92 Å². The van der Waals surface area contributed by atoms with E-state index >= 15 is 0 Å². The number of sulfonamides is 1. The molecule has 1 fully saturated rings. The lowest BCUT2D eigenvalue weighted by Crippen LogP contribution is -2.42. The van der Waals surface area contributed by atoms with Gasteiger partial charge in [0.2, 0.25) is 21.8 Å². The number of fused-ring (bicyclic) bond motifs is 1. The van der Waals surface area contributed by atoms with Gasteiger partial charge in [-0.15, -0.1) is 11.8 Å². The second kappa shape index (κ2) is 10.1. The quantitative estimate of drug-likeness (QED) is 0.631. The van der Waals surface area contributed by atoms with Gasteiger partial charge in [0, 0.05) is 43.3 Å². The maximum atomic E-state index is 13.1. The van der Waals surface area contributed by atoms with Gasteiger partial charge in [0.25, 0.3) is 0 Å². The molecule has 0 saturated carbocycles. The Labute approximate surface area is 182 Å². The van der Waals surface area contributed by atoms with Crippen LogP contribution in [0.25, 0.3) is 0 Å².